The summed E-state index contributed by atoms with van der Waals surface area (Å²) in [7, 11) is 0. The molecule has 0 aliphatic heterocycles. The molecule has 0 spiro atoms. The zero-order chi connectivity index (χ0) is 45.7. The van der Waals surface area contributed by atoms with E-state index < -0.39 is 5.97 Å². The lowest BCUT2D eigenvalue weighted by Crippen LogP contribution is -2.47. The summed E-state index contributed by atoms with van der Waals surface area (Å²) in [6.45, 7) is 31.3. The molecule has 0 fully saturated rings. The maximum Gasteiger partial charge on any atom is 0.333 e. The second-order valence-corrected chi connectivity index (χ2v) is 22.8. The lowest BCUT2D eigenvalue weighted by atomic mass is 9.89. The van der Waals surface area contributed by atoms with Crippen LogP contribution < -0.4 is 0 Å². The molecule has 0 aliphatic carbocycles. The topological polar surface area (TPSA) is 54.0 Å². The van der Waals surface area contributed by atoms with Crippen molar-refractivity contribution in [1.82, 2.24) is 0 Å². The quantitative estimate of drug-likeness (QED) is 0.0265. The maximum atomic E-state index is 12.3. The zero-order valence-corrected chi connectivity index (χ0v) is 43.5. The summed E-state index contributed by atoms with van der Waals surface area (Å²) >= 11 is 0. The van der Waals surface area contributed by atoms with Gasteiger partial charge in [-0.15, -0.1) is 0 Å². The van der Waals surface area contributed by atoms with Crippen molar-refractivity contribution in [3.05, 3.63) is 12.2 Å². The minimum absolute atomic E-state index is 0.0793. The van der Waals surface area contributed by atoms with Gasteiger partial charge in [-0.25, -0.2) is 4.79 Å². The Bertz CT molecular complexity index is 914. The van der Waals surface area contributed by atoms with Crippen LogP contribution in [0.5, 0.6) is 0 Å². The normalized spacial score (nSPS) is 13.2. The van der Waals surface area contributed by atoms with Crippen molar-refractivity contribution in [2.75, 3.05) is 26.4 Å². The number of ether oxygens (including phenoxy) is 4. The van der Waals surface area contributed by atoms with E-state index in [4.69, 9.17) is 18.9 Å². The predicted octanol–water partition coefficient (Wildman–Crippen LogP) is 18.5. The highest BCUT2D eigenvalue weighted by Gasteiger charge is 2.42. The number of hydrogen-bond donors (Lipinski definition) is 0. The van der Waals surface area contributed by atoms with Gasteiger partial charge in [0.1, 0.15) is 0 Å². The Morgan fingerprint density at radius 2 is 0.705 bits per heavy atom. The average molecular weight is 863 g/mol. The Morgan fingerprint density at radius 3 is 1.03 bits per heavy atom. The van der Waals surface area contributed by atoms with E-state index in [1.54, 1.807) is 6.92 Å². The Labute approximate surface area is 383 Å². The number of esters is 1. The standard InChI is InChI=1S/C56H110O5/c1-13-14-15-16-26-33-41-51(42-40-46-58-52(57)50(2)3)56(59-47-37-30-23-17-20-27-34-43-53(4,5)6,60-48-38-31-24-18-21-28-35-44-54(7,8)9)61-49-39-32-25-19-22-29-36-45-55(10,11)12/h51H,2,13-49H2,1,3-12H3. The fourth-order valence-corrected chi connectivity index (χ4v) is 8.33. The lowest BCUT2D eigenvalue weighted by molar-refractivity contribution is -0.407. The van der Waals surface area contributed by atoms with Crippen LogP contribution in [-0.2, 0) is 23.7 Å². The van der Waals surface area contributed by atoms with Gasteiger partial charge in [-0.1, -0.05) is 230 Å². The molecule has 0 heterocycles. The highest BCUT2D eigenvalue weighted by Crippen LogP contribution is 2.36. The van der Waals surface area contributed by atoms with E-state index in [1.165, 1.54) is 167 Å². The largest absolute Gasteiger partial charge is 0.462 e. The van der Waals surface area contributed by atoms with Gasteiger partial charge in [-0.05, 0) is 81.0 Å². The van der Waals surface area contributed by atoms with Gasteiger partial charge in [0.05, 0.1) is 26.4 Å². The molecule has 61 heavy (non-hydrogen) atoms. The molecule has 0 saturated carbocycles. The van der Waals surface area contributed by atoms with Crippen molar-refractivity contribution in [1.29, 1.82) is 0 Å². The molecule has 0 aromatic carbocycles. The van der Waals surface area contributed by atoms with E-state index in [0.29, 0.717) is 48.2 Å². The first-order chi connectivity index (χ1) is 28.9. The molecule has 0 aliphatic rings. The summed E-state index contributed by atoms with van der Waals surface area (Å²) in [4.78, 5) is 12.3. The molecule has 0 rings (SSSR count). The molecule has 0 bridgehead atoms. The van der Waals surface area contributed by atoms with Gasteiger partial charge < -0.3 is 18.9 Å². The number of rotatable bonds is 43. The predicted molar refractivity (Wildman–Crippen MR) is 266 cm³/mol. The summed E-state index contributed by atoms with van der Waals surface area (Å²) in [5.74, 6) is -1.29. The summed E-state index contributed by atoms with van der Waals surface area (Å²) < 4.78 is 26.7. The lowest BCUT2D eigenvalue weighted by Gasteiger charge is -2.40. The van der Waals surface area contributed by atoms with Crippen LogP contribution >= 0.6 is 0 Å². The third-order valence-electron chi connectivity index (χ3n) is 12.3. The summed E-state index contributed by atoms with van der Waals surface area (Å²) in [5.41, 5.74) is 1.77. The number of unbranched alkanes of at least 4 members (excludes halogenated alkanes) is 23. The molecule has 0 aromatic heterocycles. The Morgan fingerprint density at radius 1 is 0.410 bits per heavy atom. The van der Waals surface area contributed by atoms with E-state index in [-0.39, 0.29) is 11.9 Å². The molecule has 364 valence electrons. The molecular formula is C56H110O5. The molecule has 0 saturated heterocycles. The van der Waals surface area contributed by atoms with Crippen LogP contribution in [0.2, 0.25) is 0 Å². The van der Waals surface area contributed by atoms with Gasteiger partial charge in [0.25, 0.3) is 5.97 Å². The van der Waals surface area contributed by atoms with Gasteiger partial charge in [-0.2, -0.15) is 0 Å². The molecule has 0 radical (unpaired) electrons. The third kappa shape index (κ3) is 40.3. The molecule has 1 unspecified atom stereocenters. The second kappa shape index (κ2) is 37.3. The maximum absolute atomic E-state index is 12.3. The summed E-state index contributed by atoms with van der Waals surface area (Å²) in [6, 6.07) is 0. The van der Waals surface area contributed by atoms with Crippen LogP contribution in [0.1, 0.15) is 288 Å². The highest BCUT2D eigenvalue weighted by molar-refractivity contribution is 5.86. The van der Waals surface area contributed by atoms with Gasteiger partial charge in [-0.3, -0.25) is 0 Å². The molecule has 0 N–H and O–H groups in total. The van der Waals surface area contributed by atoms with Crippen LogP contribution in [0.25, 0.3) is 0 Å². The first kappa shape index (κ1) is 60.1. The van der Waals surface area contributed by atoms with Gasteiger partial charge in [0.15, 0.2) is 0 Å². The fourth-order valence-electron chi connectivity index (χ4n) is 8.33. The van der Waals surface area contributed by atoms with Crippen molar-refractivity contribution in [3.8, 4) is 0 Å². The molecule has 5 heteroatoms. The Balaban J connectivity index is 5.83. The van der Waals surface area contributed by atoms with Crippen molar-refractivity contribution in [2.24, 2.45) is 22.2 Å². The minimum atomic E-state index is -1.06. The molecule has 0 aromatic rings. The van der Waals surface area contributed by atoms with Crippen LogP contribution in [0.3, 0.4) is 0 Å². The smallest absolute Gasteiger partial charge is 0.333 e. The van der Waals surface area contributed by atoms with E-state index in [0.717, 1.165) is 44.9 Å². The Hall–Kier alpha value is -0.910. The van der Waals surface area contributed by atoms with Crippen LogP contribution in [0, 0.1) is 22.2 Å². The molecular weight excluding hydrogens is 753 g/mol. The van der Waals surface area contributed by atoms with Crippen molar-refractivity contribution in [3.63, 3.8) is 0 Å². The fraction of sp³-hybridized carbons (Fsp3) is 0.946. The van der Waals surface area contributed by atoms with Gasteiger partial charge in [0, 0.05) is 11.5 Å². The van der Waals surface area contributed by atoms with E-state index in [1.807, 2.05) is 0 Å². The SMILES string of the molecule is C=C(C)C(=O)OCCCC(CCCCCCCC)C(OCCCCCCCCCC(C)(C)C)(OCCCCCCCCCC(C)(C)C)OCCCCCCCCCC(C)(C)C. The Kier molecular flexibility index (Phi) is 36.8. The van der Waals surface area contributed by atoms with Crippen molar-refractivity contribution in [2.45, 2.75) is 294 Å². The van der Waals surface area contributed by atoms with Gasteiger partial charge in [0.2, 0.25) is 0 Å². The van der Waals surface area contributed by atoms with E-state index in [9.17, 15) is 4.79 Å². The highest BCUT2D eigenvalue weighted by atomic mass is 16.9. The number of carbonyl (C=O) groups excluding carboxylic acids is 1. The minimum Gasteiger partial charge on any atom is -0.462 e. The van der Waals surface area contributed by atoms with E-state index in [2.05, 4.69) is 75.8 Å². The van der Waals surface area contributed by atoms with Crippen LogP contribution in [0.4, 0.5) is 0 Å². The molecule has 5 nitrogen and oxygen atoms in total. The summed E-state index contributed by atoms with van der Waals surface area (Å²) in [6.07, 6.45) is 40.4. The second-order valence-electron chi connectivity index (χ2n) is 22.8. The van der Waals surface area contributed by atoms with Gasteiger partial charge >= 0.3 is 5.97 Å². The van der Waals surface area contributed by atoms with Crippen molar-refractivity contribution >= 4 is 5.97 Å². The van der Waals surface area contributed by atoms with Crippen molar-refractivity contribution < 1.29 is 23.7 Å². The van der Waals surface area contributed by atoms with Crippen LogP contribution in [0.15, 0.2) is 12.2 Å². The number of carbonyl (C=O) groups is 1. The van der Waals surface area contributed by atoms with E-state index >= 15 is 0 Å². The van der Waals surface area contributed by atoms with Crippen LogP contribution in [-0.4, -0.2) is 38.4 Å². The average Bonchev–Trinajstić information content (AvgIpc) is 3.17. The number of hydrogen-bond acceptors (Lipinski definition) is 5. The first-order valence-electron chi connectivity index (χ1n) is 26.7. The molecule has 0 amide bonds. The monoisotopic (exact) mass is 863 g/mol. The third-order valence-corrected chi connectivity index (χ3v) is 12.3. The summed E-state index contributed by atoms with van der Waals surface area (Å²) in [5, 5.41) is 0. The zero-order valence-electron chi connectivity index (χ0n) is 43.5. The first-order valence-corrected chi connectivity index (χ1v) is 26.7. The molecule has 1 atom stereocenters.